The molecule has 0 N–H and O–H groups in total. The van der Waals surface area contributed by atoms with E-state index in [1.807, 2.05) is 30.7 Å². The minimum absolute atomic E-state index is 1.02. The Labute approximate surface area is 62.3 Å². The van der Waals surface area contributed by atoms with Gasteiger partial charge in [0.25, 0.3) is 0 Å². The molecule has 10 heavy (non-hydrogen) atoms. The van der Waals surface area contributed by atoms with Crippen molar-refractivity contribution in [2.24, 2.45) is 0 Å². The molecule has 0 amide bonds. The van der Waals surface area contributed by atoms with Crippen molar-refractivity contribution < 1.29 is 0 Å². The zero-order valence-electron chi connectivity index (χ0n) is 5.90. The topological polar surface area (TPSA) is 0 Å². The van der Waals surface area contributed by atoms with Crippen LogP contribution in [0.2, 0.25) is 0 Å². The lowest BCUT2D eigenvalue weighted by Crippen LogP contribution is -1.63. The first-order valence-electron chi connectivity index (χ1n) is 3.48. The molecule has 0 saturated heterocycles. The van der Waals surface area contributed by atoms with Gasteiger partial charge < -0.3 is 0 Å². The molecule has 1 rings (SSSR count). The van der Waals surface area contributed by atoms with Gasteiger partial charge in [-0.1, -0.05) is 48.6 Å². The summed E-state index contributed by atoms with van der Waals surface area (Å²) in [6.07, 6.45) is 19.5. The normalized spacial score (nSPS) is 30.4. The number of hydrogen-bond donors (Lipinski definition) is 0. The van der Waals surface area contributed by atoms with E-state index in [9.17, 15) is 0 Å². The van der Waals surface area contributed by atoms with Crippen LogP contribution in [0.5, 0.6) is 0 Å². The number of hydrogen-bond acceptors (Lipinski definition) is 0. The third-order valence-electron chi connectivity index (χ3n) is 1.21. The minimum atomic E-state index is 1.02. The van der Waals surface area contributed by atoms with E-state index in [4.69, 9.17) is 0 Å². The van der Waals surface area contributed by atoms with Crippen LogP contribution in [0.1, 0.15) is 6.42 Å². The summed E-state index contributed by atoms with van der Waals surface area (Å²) in [5.74, 6) is 0. The molecule has 1 aliphatic carbocycles. The van der Waals surface area contributed by atoms with E-state index >= 15 is 0 Å². The van der Waals surface area contributed by atoms with Crippen LogP contribution in [0.25, 0.3) is 0 Å². The van der Waals surface area contributed by atoms with Crippen LogP contribution >= 0.6 is 0 Å². The van der Waals surface area contributed by atoms with Gasteiger partial charge in [-0.2, -0.15) is 0 Å². The Kier molecular flexibility index (Phi) is 3.40. The molecule has 0 aromatic heterocycles. The van der Waals surface area contributed by atoms with Crippen LogP contribution in [-0.2, 0) is 0 Å². The lowest BCUT2D eigenvalue weighted by molar-refractivity contribution is 1.38. The Balaban J connectivity index is 2.51. The molecular weight excluding hydrogens is 120 g/mol. The average Bonchev–Trinajstić information content (AvgIpc) is 2.01. The molecule has 0 spiro atoms. The molecule has 0 aliphatic heterocycles. The molecule has 0 unspecified atom stereocenters. The highest BCUT2D eigenvalue weighted by Gasteiger charge is 1.73. The van der Waals surface area contributed by atoms with Gasteiger partial charge >= 0.3 is 0 Å². The molecule has 0 atom stereocenters. The van der Waals surface area contributed by atoms with Crippen molar-refractivity contribution in [3.8, 4) is 0 Å². The van der Waals surface area contributed by atoms with Crippen LogP contribution in [-0.4, -0.2) is 0 Å². The summed E-state index contributed by atoms with van der Waals surface area (Å²) in [6, 6.07) is 0. The van der Waals surface area contributed by atoms with Crippen LogP contribution in [0.15, 0.2) is 48.6 Å². The van der Waals surface area contributed by atoms with Gasteiger partial charge in [0.05, 0.1) is 0 Å². The van der Waals surface area contributed by atoms with E-state index < -0.39 is 0 Å². The molecule has 0 fully saturated rings. The van der Waals surface area contributed by atoms with E-state index in [0.29, 0.717) is 0 Å². The molecule has 1 aliphatic rings. The minimum Gasteiger partial charge on any atom is -0.0841 e. The Morgan fingerprint density at radius 1 is 0.600 bits per heavy atom. The molecule has 0 saturated carbocycles. The van der Waals surface area contributed by atoms with Crippen molar-refractivity contribution in [1.29, 1.82) is 0 Å². The summed E-state index contributed by atoms with van der Waals surface area (Å²) in [4.78, 5) is 0. The Bertz CT molecular complexity index is 160. The first kappa shape index (κ1) is 7.07. The number of allylic oxidation sites excluding steroid dienone is 8. The standard InChI is InChI=1S/C10H11/c1-2-4-6-8-10-9-7-5-3-1/h1-9H,10H2/b2-1-,5-3-,8-6-,9-7-. The predicted octanol–water partition coefficient (Wildman–Crippen LogP) is 2.82. The molecule has 0 heteroatoms. The summed E-state index contributed by atoms with van der Waals surface area (Å²) in [6.45, 7) is 0. The fourth-order valence-electron chi connectivity index (χ4n) is 0.714. The van der Waals surface area contributed by atoms with Crippen molar-refractivity contribution in [2.75, 3.05) is 0 Å². The molecule has 0 aromatic carbocycles. The summed E-state index contributed by atoms with van der Waals surface area (Å²) in [5, 5.41) is 0. The Hall–Kier alpha value is -1.04. The van der Waals surface area contributed by atoms with Crippen LogP contribution < -0.4 is 0 Å². The summed E-state index contributed by atoms with van der Waals surface area (Å²) in [5.41, 5.74) is 0. The molecule has 51 valence electrons. The second kappa shape index (κ2) is 4.80. The van der Waals surface area contributed by atoms with E-state index in [-0.39, 0.29) is 0 Å². The van der Waals surface area contributed by atoms with E-state index in [2.05, 4.69) is 24.3 Å². The van der Waals surface area contributed by atoms with Gasteiger partial charge in [-0.15, -0.1) is 0 Å². The van der Waals surface area contributed by atoms with Crippen LogP contribution in [0.3, 0.4) is 0 Å². The van der Waals surface area contributed by atoms with Crippen molar-refractivity contribution in [1.82, 2.24) is 0 Å². The average molecular weight is 131 g/mol. The molecular formula is C10H11. The largest absolute Gasteiger partial charge is 0.0841 e. The third kappa shape index (κ3) is 3.08. The SMILES string of the molecule is [CH]1\C=C/C=C\C=C/C/C=C\1. The monoisotopic (exact) mass is 131 g/mol. The van der Waals surface area contributed by atoms with Crippen molar-refractivity contribution >= 4 is 0 Å². The second-order valence-corrected chi connectivity index (χ2v) is 2.05. The van der Waals surface area contributed by atoms with Gasteiger partial charge in [0.15, 0.2) is 0 Å². The fraction of sp³-hybridized carbons (Fsp3) is 0.100. The van der Waals surface area contributed by atoms with E-state index in [1.54, 1.807) is 0 Å². The Morgan fingerprint density at radius 2 is 1.30 bits per heavy atom. The van der Waals surface area contributed by atoms with Crippen molar-refractivity contribution in [3.63, 3.8) is 0 Å². The zero-order chi connectivity index (χ0) is 7.07. The van der Waals surface area contributed by atoms with Gasteiger partial charge in [0.1, 0.15) is 0 Å². The number of rotatable bonds is 0. The zero-order valence-corrected chi connectivity index (χ0v) is 5.90. The van der Waals surface area contributed by atoms with Crippen molar-refractivity contribution in [3.05, 3.63) is 55.0 Å². The Morgan fingerprint density at radius 3 is 2.30 bits per heavy atom. The van der Waals surface area contributed by atoms with Gasteiger partial charge in [-0.3, -0.25) is 0 Å². The molecule has 0 heterocycles. The summed E-state index contributed by atoms with van der Waals surface area (Å²) < 4.78 is 0. The highest BCUT2D eigenvalue weighted by molar-refractivity contribution is 5.19. The quantitative estimate of drug-likeness (QED) is 0.474. The predicted molar refractivity (Wildman–Crippen MR) is 45.5 cm³/mol. The maximum atomic E-state index is 2.12. The van der Waals surface area contributed by atoms with E-state index in [1.165, 1.54) is 0 Å². The summed E-state index contributed by atoms with van der Waals surface area (Å²) >= 11 is 0. The first-order chi connectivity index (χ1) is 5.00. The fourth-order valence-corrected chi connectivity index (χ4v) is 0.714. The van der Waals surface area contributed by atoms with Crippen molar-refractivity contribution in [2.45, 2.75) is 6.42 Å². The highest BCUT2D eigenvalue weighted by atomic mass is 13.8. The van der Waals surface area contributed by atoms with Crippen LogP contribution in [0, 0.1) is 6.42 Å². The molecule has 1 radical (unpaired) electrons. The van der Waals surface area contributed by atoms with Gasteiger partial charge in [0, 0.05) is 6.42 Å². The lowest BCUT2D eigenvalue weighted by Gasteiger charge is -1.83. The third-order valence-corrected chi connectivity index (χ3v) is 1.21. The van der Waals surface area contributed by atoms with Crippen LogP contribution in [0.4, 0.5) is 0 Å². The second-order valence-electron chi connectivity index (χ2n) is 2.05. The molecule has 0 bridgehead atoms. The maximum absolute atomic E-state index is 2.12. The lowest BCUT2D eigenvalue weighted by atomic mass is 10.2. The highest BCUT2D eigenvalue weighted by Crippen LogP contribution is 1.93. The van der Waals surface area contributed by atoms with Gasteiger partial charge in [-0.25, -0.2) is 0 Å². The van der Waals surface area contributed by atoms with Gasteiger partial charge in [0.2, 0.25) is 0 Å². The maximum Gasteiger partial charge on any atom is 0.00475 e. The smallest absolute Gasteiger partial charge is 0.00475 e. The summed E-state index contributed by atoms with van der Waals surface area (Å²) in [7, 11) is 0. The first-order valence-corrected chi connectivity index (χ1v) is 3.48. The van der Waals surface area contributed by atoms with E-state index in [0.717, 1.165) is 6.42 Å². The molecule has 0 aromatic rings. The molecule has 0 nitrogen and oxygen atoms in total. The van der Waals surface area contributed by atoms with Gasteiger partial charge in [-0.05, 0) is 6.42 Å².